The van der Waals surface area contributed by atoms with Crippen LogP contribution >= 0.6 is 0 Å². The zero-order chi connectivity index (χ0) is 17.7. The highest BCUT2D eigenvalue weighted by Crippen LogP contribution is 2.55. The molecule has 4 bridgehead atoms. The van der Waals surface area contributed by atoms with E-state index >= 15 is 0 Å². The van der Waals surface area contributed by atoms with Crippen LogP contribution in [0.4, 0.5) is 0 Å². The Morgan fingerprint density at radius 1 is 1.08 bits per heavy atom. The van der Waals surface area contributed by atoms with Gasteiger partial charge in [0, 0.05) is 11.6 Å². The molecule has 4 aliphatic carbocycles. The predicted octanol–water partition coefficient (Wildman–Crippen LogP) is 3.89. The summed E-state index contributed by atoms with van der Waals surface area (Å²) >= 11 is 0. The first kappa shape index (κ1) is 15.9. The van der Waals surface area contributed by atoms with Crippen LogP contribution in [0.15, 0.2) is 45.8 Å². The third-order valence-corrected chi connectivity index (χ3v) is 6.55. The van der Waals surface area contributed by atoms with Gasteiger partial charge in [0.15, 0.2) is 5.43 Å². The van der Waals surface area contributed by atoms with Crippen LogP contribution in [0.5, 0.6) is 0 Å². The number of hydrogen-bond acceptors (Lipinski definition) is 3. The van der Waals surface area contributed by atoms with E-state index in [2.05, 4.69) is 5.32 Å². The molecule has 0 radical (unpaired) electrons. The Labute approximate surface area is 152 Å². The molecular formula is C22H23NO3. The minimum Gasteiger partial charge on any atom is -0.463 e. The lowest BCUT2D eigenvalue weighted by molar-refractivity contribution is -0.122. The van der Waals surface area contributed by atoms with E-state index in [4.69, 9.17) is 4.42 Å². The Hall–Kier alpha value is -2.36. The van der Waals surface area contributed by atoms with Gasteiger partial charge in [-0.1, -0.05) is 12.1 Å². The molecule has 4 saturated carbocycles. The fourth-order valence-corrected chi connectivity index (χ4v) is 5.94. The molecule has 0 unspecified atom stereocenters. The molecular weight excluding hydrogens is 326 g/mol. The Morgan fingerprint density at radius 3 is 2.42 bits per heavy atom. The first-order chi connectivity index (χ1) is 12.6. The molecule has 1 aromatic carbocycles. The first-order valence-corrected chi connectivity index (χ1v) is 9.61. The van der Waals surface area contributed by atoms with E-state index in [-0.39, 0.29) is 16.9 Å². The highest BCUT2D eigenvalue weighted by Gasteiger charge is 2.51. The van der Waals surface area contributed by atoms with Crippen molar-refractivity contribution in [3.8, 4) is 0 Å². The Kier molecular flexibility index (Phi) is 3.56. The largest absolute Gasteiger partial charge is 0.463 e. The molecule has 1 N–H and O–H groups in total. The molecule has 2 aromatic rings. The molecule has 26 heavy (non-hydrogen) atoms. The maximum Gasteiger partial charge on any atom is 0.244 e. The van der Waals surface area contributed by atoms with Crippen molar-refractivity contribution in [2.24, 2.45) is 17.8 Å². The van der Waals surface area contributed by atoms with Gasteiger partial charge in [-0.25, -0.2) is 0 Å². The fraction of sp³-hybridized carbons (Fsp3) is 0.455. The van der Waals surface area contributed by atoms with Crippen molar-refractivity contribution < 1.29 is 9.21 Å². The molecule has 134 valence electrons. The van der Waals surface area contributed by atoms with Crippen molar-refractivity contribution in [2.75, 3.05) is 0 Å². The van der Waals surface area contributed by atoms with Crippen molar-refractivity contribution in [3.05, 3.63) is 52.4 Å². The second-order valence-electron chi connectivity index (χ2n) is 8.54. The summed E-state index contributed by atoms with van der Waals surface area (Å²) in [5, 5.41) is 3.83. The van der Waals surface area contributed by atoms with E-state index in [1.54, 1.807) is 18.2 Å². The monoisotopic (exact) mass is 349 g/mol. The average Bonchev–Trinajstić information content (AvgIpc) is 2.60. The van der Waals surface area contributed by atoms with E-state index in [9.17, 15) is 9.59 Å². The number of rotatable bonds is 3. The summed E-state index contributed by atoms with van der Waals surface area (Å²) in [7, 11) is 0. The van der Waals surface area contributed by atoms with Gasteiger partial charge in [0.1, 0.15) is 11.8 Å². The maximum absolute atomic E-state index is 12.5. The molecule has 4 heteroatoms. The van der Waals surface area contributed by atoms with Gasteiger partial charge in [-0.05, 0) is 74.5 Å². The minimum atomic E-state index is -0.106. The number of nitrogens with one attached hydrogen (secondary N) is 1. The molecule has 1 heterocycles. The molecule has 1 amide bonds. The lowest BCUT2D eigenvalue weighted by Gasteiger charge is -2.56. The van der Waals surface area contributed by atoms with Gasteiger partial charge in [-0.2, -0.15) is 0 Å². The third kappa shape index (κ3) is 2.68. The zero-order valence-corrected chi connectivity index (χ0v) is 14.7. The molecule has 1 aromatic heterocycles. The number of hydrogen-bond donors (Lipinski definition) is 1. The molecule has 0 aliphatic heterocycles. The molecule has 4 nitrogen and oxygen atoms in total. The van der Waals surface area contributed by atoms with Crippen molar-refractivity contribution in [2.45, 2.75) is 44.1 Å². The number of amides is 1. The normalized spacial score (nSPS) is 32.4. The molecule has 0 saturated heterocycles. The molecule has 4 fully saturated rings. The quantitative estimate of drug-likeness (QED) is 0.855. The second kappa shape index (κ2) is 5.83. The third-order valence-electron chi connectivity index (χ3n) is 6.55. The van der Waals surface area contributed by atoms with Crippen LogP contribution in [-0.4, -0.2) is 11.4 Å². The van der Waals surface area contributed by atoms with Crippen LogP contribution in [-0.2, 0) is 4.79 Å². The summed E-state index contributed by atoms with van der Waals surface area (Å²) in [6, 6.07) is 7.16. The topological polar surface area (TPSA) is 59.3 Å². The number of carbonyl (C=O) groups excluding carboxylic acids is 1. The van der Waals surface area contributed by atoms with Crippen LogP contribution in [0, 0.1) is 17.8 Å². The standard InChI is InChI=1S/C22H23NO3/c24-20(23-22-10-14-7-15(11-22)9-16(8-14)12-22)6-5-17-13-26-19-4-2-1-3-18(19)21(17)25/h1-6,13-16H,7-12H2,(H,23,24)/b6-5+. The van der Waals surface area contributed by atoms with Gasteiger partial charge in [0.2, 0.25) is 5.91 Å². The van der Waals surface area contributed by atoms with Gasteiger partial charge in [0.25, 0.3) is 0 Å². The summed E-state index contributed by atoms with van der Waals surface area (Å²) in [6.07, 6.45) is 11.9. The van der Waals surface area contributed by atoms with Gasteiger partial charge < -0.3 is 9.73 Å². The summed E-state index contributed by atoms with van der Waals surface area (Å²) in [6.45, 7) is 0. The van der Waals surface area contributed by atoms with Gasteiger partial charge >= 0.3 is 0 Å². The van der Waals surface area contributed by atoms with E-state index in [1.165, 1.54) is 31.6 Å². The summed E-state index contributed by atoms with van der Waals surface area (Å²) in [5.41, 5.74) is 0.854. The van der Waals surface area contributed by atoms with Crippen LogP contribution in [0.3, 0.4) is 0 Å². The second-order valence-corrected chi connectivity index (χ2v) is 8.54. The summed E-state index contributed by atoms with van der Waals surface area (Å²) < 4.78 is 5.51. The maximum atomic E-state index is 12.5. The van der Waals surface area contributed by atoms with Crippen molar-refractivity contribution in [1.29, 1.82) is 0 Å². The minimum absolute atomic E-state index is 0.00969. The lowest BCUT2D eigenvalue weighted by Crippen LogP contribution is -2.59. The van der Waals surface area contributed by atoms with Crippen LogP contribution in [0.1, 0.15) is 44.1 Å². The number of para-hydroxylation sites is 1. The number of fused-ring (bicyclic) bond motifs is 1. The predicted molar refractivity (Wildman–Crippen MR) is 101 cm³/mol. The van der Waals surface area contributed by atoms with E-state index in [0.717, 1.165) is 37.0 Å². The molecule has 6 rings (SSSR count). The van der Waals surface area contributed by atoms with Crippen LogP contribution in [0.25, 0.3) is 17.0 Å². The molecule has 0 spiro atoms. The van der Waals surface area contributed by atoms with Crippen molar-refractivity contribution in [3.63, 3.8) is 0 Å². The highest BCUT2D eigenvalue weighted by atomic mass is 16.3. The molecule has 0 atom stereocenters. The van der Waals surface area contributed by atoms with E-state index in [1.807, 2.05) is 12.1 Å². The summed E-state index contributed by atoms with van der Waals surface area (Å²) in [4.78, 5) is 25.1. The highest BCUT2D eigenvalue weighted by molar-refractivity contribution is 5.92. The number of carbonyl (C=O) groups is 1. The first-order valence-electron chi connectivity index (χ1n) is 9.61. The van der Waals surface area contributed by atoms with Crippen molar-refractivity contribution in [1.82, 2.24) is 5.32 Å². The Balaban J connectivity index is 1.34. The smallest absolute Gasteiger partial charge is 0.244 e. The molecule has 4 aliphatic rings. The van der Waals surface area contributed by atoms with Crippen LogP contribution < -0.4 is 10.7 Å². The lowest BCUT2D eigenvalue weighted by atomic mass is 9.53. The Bertz CT molecular complexity index is 920. The van der Waals surface area contributed by atoms with E-state index < -0.39 is 0 Å². The Morgan fingerprint density at radius 2 is 1.73 bits per heavy atom. The average molecular weight is 349 g/mol. The van der Waals surface area contributed by atoms with Gasteiger partial charge in [0.05, 0.1) is 10.9 Å². The van der Waals surface area contributed by atoms with Crippen molar-refractivity contribution >= 4 is 23.0 Å². The SMILES string of the molecule is O=C(/C=C/c1coc2ccccc2c1=O)NC12CC3CC(CC(C3)C1)C2. The van der Waals surface area contributed by atoms with Crippen LogP contribution in [0.2, 0.25) is 0 Å². The van der Waals surface area contributed by atoms with E-state index in [0.29, 0.717) is 16.5 Å². The van der Waals surface area contributed by atoms with Gasteiger partial charge in [-0.3, -0.25) is 9.59 Å². The van der Waals surface area contributed by atoms with Gasteiger partial charge in [-0.15, -0.1) is 0 Å². The zero-order valence-electron chi connectivity index (χ0n) is 14.7. The fourth-order valence-electron chi connectivity index (χ4n) is 5.94. The summed E-state index contributed by atoms with van der Waals surface area (Å²) in [5.74, 6) is 2.27. The number of benzene rings is 1.